The van der Waals surface area contributed by atoms with Gasteiger partial charge in [0, 0.05) is 11.1 Å². The normalized spacial score (nSPS) is 10.4. The van der Waals surface area contributed by atoms with Crippen molar-refractivity contribution < 1.29 is 4.79 Å². The quantitative estimate of drug-likeness (QED) is 0.758. The Hall–Kier alpha value is -2.03. The van der Waals surface area contributed by atoms with Crippen LogP contribution in [0.3, 0.4) is 0 Å². The van der Waals surface area contributed by atoms with E-state index in [0.717, 1.165) is 22.4 Å². The van der Waals surface area contributed by atoms with Gasteiger partial charge in [-0.2, -0.15) is 10.2 Å². The Kier molecular flexibility index (Phi) is 3.24. The molecule has 0 aliphatic rings. The highest BCUT2D eigenvalue weighted by molar-refractivity contribution is 6.10. The summed E-state index contributed by atoms with van der Waals surface area (Å²) < 4.78 is 0. The van der Waals surface area contributed by atoms with Crippen LogP contribution in [0.5, 0.6) is 0 Å². The van der Waals surface area contributed by atoms with Crippen molar-refractivity contribution in [3.05, 3.63) is 57.9 Å². The Morgan fingerprint density at radius 2 is 1.67 bits per heavy atom. The van der Waals surface area contributed by atoms with Crippen molar-refractivity contribution in [2.24, 2.45) is 0 Å². The van der Waals surface area contributed by atoms with E-state index in [4.69, 9.17) is 0 Å². The smallest absolute Gasteiger partial charge is 0.195 e. The highest BCUT2D eigenvalue weighted by Crippen LogP contribution is 2.17. The molecule has 1 aromatic carbocycles. The van der Waals surface area contributed by atoms with Gasteiger partial charge in [0.25, 0.3) is 0 Å². The first-order valence-corrected chi connectivity index (χ1v) is 5.92. The summed E-state index contributed by atoms with van der Waals surface area (Å²) in [5, 5.41) is 7.95. The topological polar surface area (TPSA) is 42.9 Å². The Balaban J connectivity index is 2.51. The average Bonchev–Trinajstić information content (AvgIpc) is 2.31. The number of hydrogen-bond donors (Lipinski definition) is 0. The minimum atomic E-state index is 0.0167. The fraction of sp³-hybridized carbons (Fsp3) is 0.267. The summed E-state index contributed by atoms with van der Waals surface area (Å²) in [7, 11) is 0. The highest BCUT2D eigenvalue weighted by atomic mass is 16.1. The van der Waals surface area contributed by atoms with Crippen molar-refractivity contribution in [1.29, 1.82) is 0 Å². The molecule has 0 fully saturated rings. The van der Waals surface area contributed by atoms with Crippen LogP contribution in [0, 0.1) is 27.7 Å². The van der Waals surface area contributed by atoms with Crippen LogP contribution in [0.15, 0.2) is 24.3 Å². The van der Waals surface area contributed by atoms with E-state index >= 15 is 0 Å². The second-order valence-corrected chi connectivity index (χ2v) is 4.63. The van der Waals surface area contributed by atoms with E-state index in [9.17, 15) is 4.79 Å². The molecule has 0 saturated carbocycles. The minimum absolute atomic E-state index is 0.0167. The molecule has 0 bridgehead atoms. The summed E-state index contributed by atoms with van der Waals surface area (Å²) in [6, 6.07) is 7.65. The third kappa shape index (κ3) is 2.30. The lowest BCUT2D eigenvalue weighted by atomic mass is 9.97. The van der Waals surface area contributed by atoms with Crippen molar-refractivity contribution in [2.75, 3.05) is 0 Å². The molecule has 0 unspecified atom stereocenters. The molecule has 0 atom stereocenters. The molecule has 0 radical (unpaired) electrons. The van der Waals surface area contributed by atoms with Gasteiger partial charge in [-0.15, -0.1) is 0 Å². The number of carbonyl (C=O) groups is 1. The second-order valence-electron chi connectivity index (χ2n) is 4.63. The van der Waals surface area contributed by atoms with E-state index in [0.29, 0.717) is 11.3 Å². The zero-order valence-electron chi connectivity index (χ0n) is 11.1. The number of hydrogen-bond acceptors (Lipinski definition) is 3. The number of nitrogens with zero attached hydrogens (tertiary/aromatic N) is 2. The first-order chi connectivity index (χ1) is 8.49. The van der Waals surface area contributed by atoms with Gasteiger partial charge >= 0.3 is 0 Å². The van der Waals surface area contributed by atoms with Gasteiger partial charge in [0.1, 0.15) is 0 Å². The van der Waals surface area contributed by atoms with Gasteiger partial charge < -0.3 is 0 Å². The summed E-state index contributed by atoms with van der Waals surface area (Å²) in [6.45, 7) is 7.62. The third-order valence-electron chi connectivity index (χ3n) is 2.97. The SMILES string of the molecule is Cc1ccc(C(=O)c2cc(C)nnc2C)c(C)c1. The average molecular weight is 240 g/mol. The van der Waals surface area contributed by atoms with Crippen LogP contribution >= 0.6 is 0 Å². The predicted octanol–water partition coefficient (Wildman–Crippen LogP) is 2.94. The first-order valence-electron chi connectivity index (χ1n) is 5.92. The monoisotopic (exact) mass is 240 g/mol. The van der Waals surface area contributed by atoms with Gasteiger partial charge in [0.15, 0.2) is 5.78 Å². The van der Waals surface area contributed by atoms with Gasteiger partial charge in [0.2, 0.25) is 0 Å². The fourth-order valence-corrected chi connectivity index (χ4v) is 1.99. The Bertz CT molecular complexity index is 618. The summed E-state index contributed by atoms with van der Waals surface area (Å²) in [6.07, 6.45) is 0. The Morgan fingerprint density at radius 3 is 2.33 bits per heavy atom. The van der Waals surface area contributed by atoms with Gasteiger partial charge in [-0.25, -0.2) is 0 Å². The summed E-state index contributed by atoms with van der Waals surface area (Å²) in [5.74, 6) is 0.0167. The molecule has 92 valence electrons. The number of rotatable bonds is 2. The van der Waals surface area contributed by atoms with Crippen molar-refractivity contribution in [1.82, 2.24) is 10.2 Å². The summed E-state index contributed by atoms with van der Waals surface area (Å²) in [4.78, 5) is 12.5. The molecule has 0 saturated heterocycles. The van der Waals surface area contributed by atoms with E-state index in [-0.39, 0.29) is 5.78 Å². The number of ketones is 1. The van der Waals surface area contributed by atoms with Crippen molar-refractivity contribution in [2.45, 2.75) is 27.7 Å². The van der Waals surface area contributed by atoms with Gasteiger partial charge in [-0.3, -0.25) is 4.79 Å². The Labute approximate surface area is 107 Å². The zero-order chi connectivity index (χ0) is 13.3. The van der Waals surface area contributed by atoms with Crippen LogP contribution in [0.1, 0.15) is 38.4 Å². The molecule has 2 rings (SSSR count). The molecule has 0 aliphatic heterocycles. The first kappa shape index (κ1) is 12.4. The van der Waals surface area contributed by atoms with Gasteiger partial charge in [0.05, 0.1) is 11.4 Å². The molecule has 2 aromatic rings. The third-order valence-corrected chi connectivity index (χ3v) is 2.97. The summed E-state index contributed by atoms with van der Waals surface area (Å²) >= 11 is 0. The van der Waals surface area contributed by atoms with E-state index in [1.54, 1.807) is 6.07 Å². The molecular weight excluding hydrogens is 224 g/mol. The van der Waals surface area contributed by atoms with E-state index in [1.165, 1.54) is 0 Å². The molecule has 1 aromatic heterocycles. The number of carbonyl (C=O) groups excluding carboxylic acids is 1. The molecule has 3 nitrogen and oxygen atoms in total. The van der Waals surface area contributed by atoms with Crippen molar-refractivity contribution in [3.8, 4) is 0 Å². The lowest BCUT2D eigenvalue weighted by molar-refractivity contribution is 0.103. The zero-order valence-corrected chi connectivity index (χ0v) is 11.1. The molecule has 0 amide bonds. The number of benzene rings is 1. The molecule has 1 heterocycles. The number of aromatic nitrogens is 2. The van der Waals surface area contributed by atoms with Crippen LogP contribution in [0.4, 0.5) is 0 Å². The van der Waals surface area contributed by atoms with Crippen molar-refractivity contribution >= 4 is 5.78 Å². The maximum atomic E-state index is 12.5. The van der Waals surface area contributed by atoms with Gasteiger partial charge in [-0.1, -0.05) is 23.8 Å². The standard InChI is InChI=1S/C15H16N2O/c1-9-5-6-13(10(2)7-9)15(18)14-8-11(3)16-17-12(14)4/h5-8H,1-4H3. The highest BCUT2D eigenvalue weighted by Gasteiger charge is 2.15. The predicted molar refractivity (Wildman–Crippen MR) is 70.9 cm³/mol. The fourth-order valence-electron chi connectivity index (χ4n) is 1.99. The van der Waals surface area contributed by atoms with Crippen LogP contribution in [0.25, 0.3) is 0 Å². The molecular formula is C15H16N2O. The van der Waals surface area contributed by atoms with E-state index in [2.05, 4.69) is 10.2 Å². The second kappa shape index (κ2) is 4.69. The molecule has 0 N–H and O–H groups in total. The molecule has 18 heavy (non-hydrogen) atoms. The molecule has 3 heteroatoms. The maximum Gasteiger partial charge on any atom is 0.195 e. The van der Waals surface area contributed by atoms with E-state index in [1.807, 2.05) is 45.9 Å². The molecule has 0 spiro atoms. The lowest BCUT2D eigenvalue weighted by Crippen LogP contribution is -2.08. The van der Waals surface area contributed by atoms with Gasteiger partial charge in [-0.05, 0) is 39.3 Å². The van der Waals surface area contributed by atoms with Crippen molar-refractivity contribution in [3.63, 3.8) is 0 Å². The van der Waals surface area contributed by atoms with Crippen LogP contribution in [0.2, 0.25) is 0 Å². The largest absolute Gasteiger partial charge is 0.289 e. The summed E-state index contributed by atoms with van der Waals surface area (Å²) in [5.41, 5.74) is 4.95. The Morgan fingerprint density at radius 1 is 0.944 bits per heavy atom. The number of aryl methyl sites for hydroxylation is 4. The van der Waals surface area contributed by atoms with Crippen LogP contribution in [-0.4, -0.2) is 16.0 Å². The van der Waals surface area contributed by atoms with Crippen LogP contribution in [-0.2, 0) is 0 Å². The minimum Gasteiger partial charge on any atom is -0.289 e. The lowest BCUT2D eigenvalue weighted by Gasteiger charge is -2.08. The maximum absolute atomic E-state index is 12.5. The van der Waals surface area contributed by atoms with Crippen LogP contribution < -0.4 is 0 Å². The van der Waals surface area contributed by atoms with E-state index < -0.39 is 0 Å². The molecule has 0 aliphatic carbocycles.